The van der Waals surface area contributed by atoms with Crippen molar-refractivity contribution in [3.63, 3.8) is 0 Å². The van der Waals surface area contributed by atoms with Crippen molar-refractivity contribution in [1.82, 2.24) is 0 Å². The largest absolute Gasteiger partial charge is 0.508 e. The number of halogens is 1. The molecule has 0 radical (unpaired) electrons. The second kappa shape index (κ2) is 14.0. The van der Waals surface area contributed by atoms with E-state index in [4.69, 9.17) is 21.1 Å². The first kappa shape index (κ1) is 27.0. The highest BCUT2D eigenvalue weighted by atomic mass is 35.5. The molecule has 38 heavy (non-hydrogen) atoms. The lowest BCUT2D eigenvalue weighted by molar-refractivity contribution is 0.0493. The van der Waals surface area contributed by atoms with Gasteiger partial charge in [-0.2, -0.15) is 0 Å². The molecule has 3 nitrogen and oxygen atoms in total. The van der Waals surface area contributed by atoms with Gasteiger partial charge in [-0.25, -0.2) is 0 Å². The summed E-state index contributed by atoms with van der Waals surface area (Å²) in [5, 5.41) is 10.3. The van der Waals surface area contributed by atoms with E-state index in [2.05, 4.69) is 36.4 Å². The number of hydrogen-bond acceptors (Lipinski definition) is 3. The monoisotopic (exact) mass is 522 g/mol. The first-order valence-corrected chi connectivity index (χ1v) is 12.9. The van der Waals surface area contributed by atoms with Gasteiger partial charge in [0.25, 0.3) is 0 Å². The molecule has 192 valence electrons. The second-order valence-electron chi connectivity index (χ2n) is 8.95. The summed E-state index contributed by atoms with van der Waals surface area (Å²) in [6.07, 6.45) is 10.2. The van der Waals surface area contributed by atoms with Crippen LogP contribution in [0.3, 0.4) is 0 Å². The minimum Gasteiger partial charge on any atom is -0.508 e. The van der Waals surface area contributed by atoms with Gasteiger partial charge >= 0.3 is 0 Å². The summed E-state index contributed by atoms with van der Waals surface area (Å²) in [5.74, 6) is 1.05. The van der Waals surface area contributed by atoms with Gasteiger partial charge in [0, 0.05) is 5.02 Å². The van der Waals surface area contributed by atoms with Gasteiger partial charge in [0.05, 0.1) is 13.2 Å². The lowest BCUT2D eigenvalue weighted by Crippen LogP contribution is -2.19. The zero-order valence-electron chi connectivity index (χ0n) is 21.3. The summed E-state index contributed by atoms with van der Waals surface area (Å²) < 4.78 is 11.8. The first-order valence-electron chi connectivity index (χ1n) is 12.5. The average molecular weight is 523 g/mol. The summed E-state index contributed by atoms with van der Waals surface area (Å²) in [4.78, 5) is 0. The van der Waals surface area contributed by atoms with E-state index in [0.717, 1.165) is 33.6 Å². The number of ether oxygens (including phenoxy) is 2. The van der Waals surface area contributed by atoms with Gasteiger partial charge in [-0.05, 0) is 77.2 Å². The third-order valence-corrected chi connectivity index (χ3v) is 5.97. The molecule has 0 saturated carbocycles. The van der Waals surface area contributed by atoms with E-state index in [1.807, 2.05) is 91.9 Å². The molecule has 0 aliphatic heterocycles. The smallest absolute Gasteiger partial charge is 0.119 e. The third-order valence-electron chi connectivity index (χ3n) is 5.71. The van der Waals surface area contributed by atoms with Crippen LogP contribution in [0.25, 0.3) is 18.2 Å². The predicted octanol–water partition coefficient (Wildman–Crippen LogP) is 8.84. The van der Waals surface area contributed by atoms with Gasteiger partial charge in [0.15, 0.2) is 0 Å². The Bertz CT molecular complexity index is 1300. The van der Waals surface area contributed by atoms with Gasteiger partial charge in [0.1, 0.15) is 17.6 Å². The van der Waals surface area contributed by atoms with Crippen LogP contribution in [0, 0.1) is 0 Å². The molecule has 4 aromatic carbocycles. The Morgan fingerprint density at radius 3 is 1.97 bits per heavy atom. The molecule has 0 aromatic heterocycles. The number of aromatic hydroxyl groups is 1. The third kappa shape index (κ3) is 9.11. The topological polar surface area (TPSA) is 38.7 Å². The number of allylic oxidation sites excluding steroid dienone is 3. The van der Waals surface area contributed by atoms with Gasteiger partial charge < -0.3 is 14.6 Å². The normalized spacial score (nSPS) is 12.7. The van der Waals surface area contributed by atoms with Crippen LogP contribution in [0.15, 0.2) is 121 Å². The van der Waals surface area contributed by atoms with Crippen LogP contribution in [0.4, 0.5) is 0 Å². The summed E-state index contributed by atoms with van der Waals surface area (Å²) in [6.45, 7) is 3.09. The fourth-order valence-corrected chi connectivity index (χ4v) is 3.84. The van der Waals surface area contributed by atoms with E-state index in [9.17, 15) is 5.11 Å². The number of phenols is 1. The standard InChI is InChI=1S/C34H31ClO3/c1-26(24-37-25-31-5-3-2-4-6-31)38-34-21-15-30(16-22-34)23-29(9-7-27-11-17-32(35)18-12-27)10-8-28-13-19-33(36)20-14-28/h2-23,26,36H,24-25H2,1H3. The molecule has 0 bridgehead atoms. The quantitative estimate of drug-likeness (QED) is 0.200. The summed E-state index contributed by atoms with van der Waals surface area (Å²) >= 11 is 6.02. The average Bonchev–Trinajstić information content (AvgIpc) is 2.93. The highest BCUT2D eigenvalue weighted by Crippen LogP contribution is 2.19. The zero-order valence-corrected chi connectivity index (χ0v) is 22.1. The van der Waals surface area contributed by atoms with E-state index in [1.54, 1.807) is 12.1 Å². The molecule has 4 rings (SSSR count). The molecule has 0 aliphatic carbocycles. The Balaban J connectivity index is 1.42. The summed E-state index contributed by atoms with van der Waals surface area (Å²) in [6, 6.07) is 33.0. The maximum atomic E-state index is 9.55. The Morgan fingerprint density at radius 2 is 1.34 bits per heavy atom. The van der Waals surface area contributed by atoms with Crippen LogP contribution >= 0.6 is 11.6 Å². The molecule has 1 atom stereocenters. The predicted molar refractivity (Wildman–Crippen MR) is 158 cm³/mol. The maximum absolute atomic E-state index is 9.55. The molecule has 4 heteroatoms. The van der Waals surface area contributed by atoms with E-state index < -0.39 is 0 Å². The van der Waals surface area contributed by atoms with Crippen LogP contribution in [0.1, 0.15) is 29.2 Å². The fraction of sp³-hybridized carbons (Fsp3) is 0.118. The molecule has 0 amide bonds. The molecule has 0 saturated heterocycles. The molecular weight excluding hydrogens is 492 g/mol. The first-order chi connectivity index (χ1) is 18.5. The molecule has 4 aromatic rings. The van der Waals surface area contributed by atoms with Crippen molar-refractivity contribution in [2.45, 2.75) is 19.6 Å². The van der Waals surface area contributed by atoms with Crippen molar-refractivity contribution in [1.29, 1.82) is 0 Å². The fourth-order valence-electron chi connectivity index (χ4n) is 3.71. The van der Waals surface area contributed by atoms with E-state index in [1.165, 1.54) is 0 Å². The maximum Gasteiger partial charge on any atom is 0.119 e. The molecule has 1 N–H and O–H groups in total. The van der Waals surface area contributed by atoms with Crippen molar-refractivity contribution >= 4 is 29.8 Å². The highest BCUT2D eigenvalue weighted by Gasteiger charge is 2.05. The summed E-state index contributed by atoms with van der Waals surface area (Å²) in [5.41, 5.74) is 5.28. The SMILES string of the molecule is CC(COCc1ccccc1)Oc1ccc(C=C(C=Cc2ccc(O)cc2)C=Cc2ccc(Cl)cc2)cc1. The minimum absolute atomic E-state index is 0.0637. The number of hydrogen-bond donors (Lipinski definition) is 1. The molecule has 0 spiro atoms. The molecule has 1 unspecified atom stereocenters. The van der Waals surface area contributed by atoms with Crippen molar-refractivity contribution in [3.8, 4) is 11.5 Å². The number of phenolic OH excluding ortho intramolecular Hbond substituents is 1. The van der Waals surface area contributed by atoms with E-state index in [0.29, 0.717) is 18.2 Å². The Kier molecular flexibility index (Phi) is 9.97. The van der Waals surface area contributed by atoms with Crippen LogP contribution < -0.4 is 4.74 Å². The Morgan fingerprint density at radius 1 is 0.763 bits per heavy atom. The van der Waals surface area contributed by atoms with Gasteiger partial charge in [0.2, 0.25) is 0 Å². The molecule has 0 aliphatic rings. The number of rotatable bonds is 11. The highest BCUT2D eigenvalue weighted by molar-refractivity contribution is 6.30. The Labute approximate surface area is 230 Å². The van der Waals surface area contributed by atoms with E-state index in [-0.39, 0.29) is 11.9 Å². The van der Waals surface area contributed by atoms with Gasteiger partial charge in [-0.1, -0.05) is 103 Å². The van der Waals surface area contributed by atoms with Crippen molar-refractivity contribution in [2.24, 2.45) is 0 Å². The molecule has 0 heterocycles. The minimum atomic E-state index is -0.0637. The van der Waals surface area contributed by atoms with Crippen molar-refractivity contribution in [3.05, 3.63) is 148 Å². The lowest BCUT2D eigenvalue weighted by Gasteiger charge is -2.15. The van der Waals surface area contributed by atoms with Gasteiger partial charge in [-0.15, -0.1) is 0 Å². The van der Waals surface area contributed by atoms with Crippen LogP contribution in [-0.2, 0) is 11.3 Å². The second-order valence-corrected chi connectivity index (χ2v) is 9.39. The molecular formula is C34H31ClO3. The van der Waals surface area contributed by atoms with E-state index >= 15 is 0 Å². The van der Waals surface area contributed by atoms with Crippen LogP contribution in [0.2, 0.25) is 5.02 Å². The van der Waals surface area contributed by atoms with Gasteiger partial charge in [-0.3, -0.25) is 0 Å². The molecule has 0 fully saturated rings. The Hall–Kier alpha value is -4.05. The summed E-state index contributed by atoms with van der Waals surface area (Å²) in [7, 11) is 0. The van der Waals surface area contributed by atoms with Crippen molar-refractivity contribution < 1.29 is 14.6 Å². The lowest BCUT2D eigenvalue weighted by atomic mass is 10.1. The van der Waals surface area contributed by atoms with Crippen LogP contribution in [0.5, 0.6) is 11.5 Å². The number of benzene rings is 4. The zero-order chi connectivity index (χ0) is 26.6. The van der Waals surface area contributed by atoms with Crippen LogP contribution in [-0.4, -0.2) is 17.8 Å². The van der Waals surface area contributed by atoms with Crippen molar-refractivity contribution in [2.75, 3.05) is 6.61 Å².